The van der Waals surface area contributed by atoms with Crippen molar-refractivity contribution < 1.29 is 19.5 Å². The van der Waals surface area contributed by atoms with Gasteiger partial charge in [0.05, 0.1) is 12.3 Å². The fourth-order valence-electron chi connectivity index (χ4n) is 3.87. The predicted molar refractivity (Wildman–Crippen MR) is 94.8 cm³/mol. The number of hydrogen-bond acceptors (Lipinski definition) is 3. The molecule has 2 aromatic carbocycles. The highest BCUT2D eigenvalue weighted by molar-refractivity contribution is 6.12. The van der Waals surface area contributed by atoms with Crippen LogP contribution in [0.1, 0.15) is 46.7 Å². The van der Waals surface area contributed by atoms with Crippen LogP contribution >= 0.6 is 0 Å². The van der Waals surface area contributed by atoms with Gasteiger partial charge in [0.1, 0.15) is 0 Å². The number of carbonyl (C=O) groups excluding carboxylic acids is 2. The van der Waals surface area contributed by atoms with E-state index >= 15 is 0 Å². The third kappa shape index (κ3) is 2.69. The Kier molecular flexibility index (Phi) is 3.87. The molecule has 26 heavy (non-hydrogen) atoms. The summed E-state index contributed by atoms with van der Waals surface area (Å²) in [6.07, 6.45) is 1.52. The molecular weight excluding hydrogens is 330 g/mol. The third-order valence-corrected chi connectivity index (χ3v) is 5.46. The third-order valence-electron chi connectivity index (χ3n) is 5.46. The zero-order chi connectivity index (χ0) is 18.3. The van der Waals surface area contributed by atoms with Gasteiger partial charge < -0.3 is 5.11 Å². The van der Waals surface area contributed by atoms with E-state index in [0.29, 0.717) is 17.7 Å². The van der Waals surface area contributed by atoms with Crippen LogP contribution in [-0.2, 0) is 15.0 Å². The van der Waals surface area contributed by atoms with Crippen LogP contribution in [0.2, 0.25) is 0 Å². The maximum absolute atomic E-state index is 13.0. The van der Waals surface area contributed by atoms with Crippen molar-refractivity contribution in [3.63, 3.8) is 0 Å². The minimum absolute atomic E-state index is 0.202. The molecule has 1 saturated carbocycles. The summed E-state index contributed by atoms with van der Waals surface area (Å²) in [7, 11) is 0. The fourth-order valence-corrected chi connectivity index (χ4v) is 3.87. The maximum atomic E-state index is 13.0. The highest BCUT2D eigenvalue weighted by atomic mass is 16.4. The average Bonchev–Trinajstić information content (AvgIpc) is 3.44. The number of imide groups is 1. The number of carboxylic acids is 1. The first kappa shape index (κ1) is 16.5. The quantitative estimate of drug-likeness (QED) is 0.842. The van der Waals surface area contributed by atoms with Crippen molar-refractivity contribution in [1.29, 1.82) is 0 Å². The van der Waals surface area contributed by atoms with Gasteiger partial charge in [0, 0.05) is 17.5 Å². The largest absolute Gasteiger partial charge is 0.481 e. The Hall–Kier alpha value is -2.95. The highest BCUT2D eigenvalue weighted by Crippen LogP contribution is 2.49. The van der Waals surface area contributed by atoms with Gasteiger partial charge in [-0.2, -0.15) is 0 Å². The van der Waals surface area contributed by atoms with Crippen LogP contribution < -0.4 is 0 Å². The summed E-state index contributed by atoms with van der Waals surface area (Å²) >= 11 is 0. The van der Waals surface area contributed by atoms with Crippen LogP contribution in [0.15, 0.2) is 54.6 Å². The number of rotatable bonds is 5. The lowest BCUT2D eigenvalue weighted by Crippen LogP contribution is -2.48. The number of carboxylic acid groups (broad SMARTS) is 1. The van der Waals surface area contributed by atoms with Crippen LogP contribution in [0.25, 0.3) is 0 Å². The fraction of sp³-hybridized carbons (Fsp3) is 0.286. The molecule has 5 heteroatoms. The highest BCUT2D eigenvalue weighted by Gasteiger charge is 2.50. The zero-order valence-corrected chi connectivity index (χ0v) is 14.2. The van der Waals surface area contributed by atoms with Gasteiger partial charge in [-0.15, -0.1) is 0 Å². The van der Waals surface area contributed by atoms with E-state index in [4.69, 9.17) is 0 Å². The smallest absolute Gasteiger partial charge is 0.304 e. The average molecular weight is 349 g/mol. The first-order chi connectivity index (χ1) is 12.5. The second kappa shape index (κ2) is 6.09. The van der Waals surface area contributed by atoms with Crippen molar-refractivity contribution in [2.24, 2.45) is 0 Å². The summed E-state index contributed by atoms with van der Waals surface area (Å²) in [5.74, 6) is -2.59. The Bertz CT molecular complexity index is 886. The van der Waals surface area contributed by atoms with E-state index in [0.717, 1.165) is 18.4 Å². The van der Waals surface area contributed by atoms with Crippen molar-refractivity contribution >= 4 is 17.8 Å². The van der Waals surface area contributed by atoms with E-state index in [1.807, 2.05) is 30.3 Å². The number of hydrogen-bond donors (Lipinski definition) is 1. The van der Waals surface area contributed by atoms with Crippen LogP contribution in [0.3, 0.4) is 0 Å². The molecule has 0 saturated heterocycles. The molecule has 132 valence electrons. The van der Waals surface area contributed by atoms with Gasteiger partial charge in [-0.05, 0) is 30.0 Å². The van der Waals surface area contributed by atoms with E-state index in [1.54, 1.807) is 24.3 Å². The lowest BCUT2D eigenvalue weighted by atomic mass is 9.85. The minimum Gasteiger partial charge on any atom is -0.481 e. The molecule has 4 rings (SSSR count). The van der Waals surface area contributed by atoms with E-state index in [2.05, 4.69) is 0 Å². The lowest BCUT2D eigenvalue weighted by molar-refractivity contribution is -0.141. The summed E-state index contributed by atoms with van der Waals surface area (Å²) in [5, 5.41) is 9.23. The molecular formula is C21H19NO4. The van der Waals surface area contributed by atoms with E-state index < -0.39 is 17.8 Å². The number of aliphatic carboxylic acids is 1. The molecule has 0 aromatic heterocycles. The molecule has 0 bridgehead atoms. The summed E-state index contributed by atoms with van der Waals surface area (Å²) < 4.78 is 0. The van der Waals surface area contributed by atoms with Crippen molar-refractivity contribution in [3.8, 4) is 0 Å². The van der Waals surface area contributed by atoms with Gasteiger partial charge in [-0.25, -0.2) is 0 Å². The van der Waals surface area contributed by atoms with Gasteiger partial charge in [-0.3, -0.25) is 19.3 Å². The molecule has 2 amide bonds. The molecule has 2 aromatic rings. The minimum atomic E-state index is -1.04. The number of benzene rings is 2. The molecule has 1 fully saturated rings. The number of amides is 2. The summed E-state index contributed by atoms with van der Waals surface area (Å²) in [4.78, 5) is 38.5. The summed E-state index contributed by atoms with van der Waals surface area (Å²) in [6.45, 7) is 0.305. The van der Waals surface area contributed by atoms with Crippen LogP contribution in [0.4, 0.5) is 0 Å². The van der Waals surface area contributed by atoms with E-state index in [1.165, 1.54) is 4.90 Å². The Balaban J connectivity index is 1.70. The van der Waals surface area contributed by atoms with Crippen molar-refractivity contribution in [2.45, 2.75) is 30.6 Å². The van der Waals surface area contributed by atoms with Crippen molar-refractivity contribution in [1.82, 2.24) is 4.90 Å². The molecule has 2 aliphatic rings. The molecule has 1 N–H and O–H groups in total. The number of fused-ring (bicyclic) bond motifs is 1. The molecule has 0 spiro atoms. The molecule has 1 heterocycles. The topological polar surface area (TPSA) is 74.7 Å². The summed E-state index contributed by atoms with van der Waals surface area (Å²) in [5.41, 5.74) is 1.87. The van der Waals surface area contributed by atoms with E-state index in [-0.39, 0.29) is 17.7 Å². The molecule has 1 aliphatic carbocycles. The van der Waals surface area contributed by atoms with Gasteiger partial charge in [0.2, 0.25) is 5.91 Å². The molecule has 5 nitrogen and oxygen atoms in total. The standard InChI is InChI=1S/C21H19NO4/c23-18(24)12-17-15-8-4-5-9-16(15)19(25)22(20(17)26)13-21(10-11-21)14-6-2-1-3-7-14/h1-9,17H,10-13H2,(H,23,24). The van der Waals surface area contributed by atoms with Gasteiger partial charge in [0.15, 0.2) is 0 Å². The summed E-state index contributed by atoms with van der Waals surface area (Å²) in [6, 6.07) is 16.7. The second-order valence-electron chi connectivity index (χ2n) is 7.11. The van der Waals surface area contributed by atoms with Crippen molar-refractivity contribution in [2.75, 3.05) is 6.54 Å². The predicted octanol–water partition coefficient (Wildman–Crippen LogP) is 2.96. The number of nitrogens with zero attached hydrogens (tertiary/aromatic N) is 1. The Morgan fingerprint density at radius 2 is 1.69 bits per heavy atom. The molecule has 1 aliphatic heterocycles. The molecule has 1 atom stereocenters. The SMILES string of the molecule is O=C(O)CC1C(=O)N(CC2(c3ccccc3)CC2)C(=O)c2ccccc21. The van der Waals surface area contributed by atoms with Gasteiger partial charge in [0.25, 0.3) is 5.91 Å². The van der Waals surface area contributed by atoms with Crippen LogP contribution in [0.5, 0.6) is 0 Å². The van der Waals surface area contributed by atoms with Crippen molar-refractivity contribution in [3.05, 3.63) is 71.3 Å². The first-order valence-electron chi connectivity index (χ1n) is 8.74. The van der Waals surface area contributed by atoms with Crippen LogP contribution in [0, 0.1) is 0 Å². The van der Waals surface area contributed by atoms with Gasteiger partial charge >= 0.3 is 5.97 Å². The first-order valence-corrected chi connectivity index (χ1v) is 8.74. The monoisotopic (exact) mass is 349 g/mol. The van der Waals surface area contributed by atoms with Crippen LogP contribution in [-0.4, -0.2) is 34.3 Å². The second-order valence-corrected chi connectivity index (χ2v) is 7.11. The number of carbonyl (C=O) groups is 3. The normalized spacial score (nSPS) is 20.6. The maximum Gasteiger partial charge on any atom is 0.304 e. The molecule has 1 unspecified atom stereocenters. The Labute approximate surface area is 151 Å². The Morgan fingerprint density at radius 1 is 1.04 bits per heavy atom. The Morgan fingerprint density at radius 3 is 2.35 bits per heavy atom. The molecule has 0 radical (unpaired) electrons. The zero-order valence-electron chi connectivity index (χ0n) is 14.2. The lowest BCUT2D eigenvalue weighted by Gasteiger charge is -2.34. The van der Waals surface area contributed by atoms with Gasteiger partial charge in [-0.1, -0.05) is 48.5 Å². The van der Waals surface area contributed by atoms with E-state index in [9.17, 15) is 19.5 Å².